The number of rotatable bonds is 7. The molecule has 1 saturated heterocycles. The predicted octanol–water partition coefficient (Wildman–Crippen LogP) is 2.90. The standard InChI is InChI=1S/C25H25IN4O5S2/c1-19(20-12-14-21(26)15-13-20)27-28-25(31)24-18-29(36(32,33)22-8-4-2-5-9-22)16-17-30(24)37(34,35)23-10-6-3-7-11-23/h2-15,24H,16-18H2,1H3,(H,28,31)/b27-19-/t24-/m1/s1. The van der Waals surface area contributed by atoms with Crippen LogP contribution in [0.4, 0.5) is 0 Å². The molecule has 1 heterocycles. The first kappa shape index (κ1) is 27.4. The maximum Gasteiger partial charge on any atom is 0.259 e. The highest BCUT2D eigenvalue weighted by molar-refractivity contribution is 14.1. The Morgan fingerprint density at radius 3 is 1.95 bits per heavy atom. The first-order chi connectivity index (χ1) is 17.6. The second-order valence-corrected chi connectivity index (χ2v) is 13.4. The number of carbonyl (C=O) groups is 1. The highest BCUT2D eigenvalue weighted by Crippen LogP contribution is 2.25. The van der Waals surface area contributed by atoms with Crippen LogP contribution >= 0.6 is 22.6 Å². The Labute approximate surface area is 230 Å². The molecule has 9 nitrogen and oxygen atoms in total. The number of sulfonamides is 2. The summed E-state index contributed by atoms with van der Waals surface area (Å²) in [5.74, 6) is -0.725. The minimum Gasteiger partial charge on any atom is -0.271 e. The Balaban J connectivity index is 1.65. The summed E-state index contributed by atoms with van der Waals surface area (Å²) in [6.07, 6.45) is 0. The van der Waals surface area contributed by atoms with Gasteiger partial charge in [-0.2, -0.15) is 13.7 Å². The third-order valence-electron chi connectivity index (χ3n) is 5.92. The van der Waals surface area contributed by atoms with E-state index in [4.69, 9.17) is 0 Å². The van der Waals surface area contributed by atoms with Crippen LogP contribution in [0.2, 0.25) is 0 Å². The number of hydrazone groups is 1. The fourth-order valence-corrected chi connectivity index (χ4v) is 7.31. The molecule has 0 saturated carbocycles. The number of nitrogens with one attached hydrogen (secondary N) is 1. The Morgan fingerprint density at radius 1 is 0.838 bits per heavy atom. The molecule has 4 rings (SSSR count). The first-order valence-corrected chi connectivity index (χ1v) is 15.3. The van der Waals surface area contributed by atoms with Gasteiger partial charge in [0.25, 0.3) is 5.91 Å². The number of carbonyl (C=O) groups excluding carboxylic acids is 1. The van der Waals surface area contributed by atoms with Crippen LogP contribution in [-0.4, -0.2) is 62.7 Å². The van der Waals surface area contributed by atoms with Gasteiger partial charge in [-0.25, -0.2) is 22.3 Å². The average Bonchev–Trinajstić information content (AvgIpc) is 2.92. The Kier molecular flexibility index (Phi) is 8.43. The SMILES string of the molecule is C/C(=N/NC(=O)[C@H]1CN(S(=O)(=O)c2ccccc2)CCN1S(=O)(=O)c1ccccc1)c1ccc(I)cc1. The zero-order valence-corrected chi connectivity index (χ0v) is 23.6. The molecule has 0 radical (unpaired) electrons. The lowest BCUT2D eigenvalue weighted by Gasteiger charge is -2.38. The number of piperazine rings is 1. The average molecular weight is 653 g/mol. The van der Waals surface area contributed by atoms with Gasteiger partial charge in [-0.1, -0.05) is 48.5 Å². The van der Waals surface area contributed by atoms with E-state index in [-0.39, 0.29) is 29.4 Å². The molecule has 0 bridgehead atoms. The number of hydrogen-bond donors (Lipinski definition) is 1. The molecule has 1 atom stereocenters. The van der Waals surface area contributed by atoms with E-state index >= 15 is 0 Å². The fourth-order valence-electron chi connectivity index (χ4n) is 3.90. The van der Waals surface area contributed by atoms with Crippen molar-refractivity contribution in [3.63, 3.8) is 0 Å². The number of halogens is 1. The molecule has 12 heteroatoms. The summed E-state index contributed by atoms with van der Waals surface area (Å²) in [6, 6.07) is 21.8. The van der Waals surface area contributed by atoms with E-state index < -0.39 is 32.0 Å². The van der Waals surface area contributed by atoms with Crippen molar-refractivity contribution >= 4 is 54.3 Å². The molecule has 0 aliphatic carbocycles. The number of hydrogen-bond acceptors (Lipinski definition) is 6. The van der Waals surface area contributed by atoms with Gasteiger partial charge in [0.15, 0.2) is 0 Å². The summed E-state index contributed by atoms with van der Waals surface area (Å²) < 4.78 is 56.7. The predicted molar refractivity (Wildman–Crippen MR) is 149 cm³/mol. The van der Waals surface area contributed by atoms with Crippen LogP contribution in [0, 0.1) is 3.57 Å². The van der Waals surface area contributed by atoms with Crippen molar-refractivity contribution in [2.75, 3.05) is 19.6 Å². The lowest BCUT2D eigenvalue weighted by atomic mass is 10.1. The van der Waals surface area contributed by atoms with E-state index in [1.165, 1.54) is 24.3 Å². The van der Waals surface area contributed by atoms with Crippen LogP contribution in [-0.2, 0) is 24.8 Å². The molecular weight excluding hydrogens is 627 g/mol. The summed E-state index contributed by atoms with van der Waals surface area (Å²) in [7, 11) is -8.03. The van der Waals surface area contributed by atoms with E-state index in [1.54, 1.807) is 43.3 Å². The van der Waals surface area contributed by atoms with Gasteiger partial charge in [-0.05, 0) is 71.5 Å². The van der Waals surface area contributed by atoms with Crippen LogP contribution in [0.5, 0.6) is 0 Å². The van der Waals surface area contributed by atoms with Crippen molar-refractivity contribution < 1.29 is 21.6 Å². The largest absolute Gasteiger partial charge is 0.271 e. The van der Waals surface area contributed by atoms with Crippen molar-refractivity contribution in [1.82, 2.24) is 14.0 Å². The van der Waals surface area contributed by atoms with Gasteiger partial charge < -0.3 is 0 Å². The van der Waals surface area contributed by atoms with E-state index in [9.17, 15) is 21.6 Å². The molecule has 0 unspecified atom stereocenters. The number of nitrogens with zero attached hydrogens (tertiary/aromatic N) is 3. The first-order valence-electron chi connectivity index (χ1n) is 11.3. The summed E-state index contributed by atoms with van der Waals surface area (Å²) in [4.78, 5) is 13.4. The lowest BCUT2D eigenvalue weighted by molar-refractivity contribution is -0.125. The second-order valence-electron chi connectivity index (χ2n) is 8.30. The summed E-state index contributed by atoms with van der Waals surface area (Å²) in [5, 5.41) is 4.16. The highest BCUT2D eigenvalue weighted by Gasteiger charge is 2.43. The Morgan fingerprint density at radius 2 is 1.38 bits per heavy atom. The zero-order chi connectivity index (χ0) is 26.6. The normalized spacial score (nSPS) is 17.9. The molecule has 37 heavy (non-hydrogen) atoms. The fraction of sp³-hybridized carbons (Fsp3) is 0.200. The summed E-state index contributed by atoms with van der Waals surface area (Å²) in [6.45, 7) is 1.07. The molecule has 1 aliphatic rings. The molecule has 1 amide bonds. The molecule has 194 valence electrons. The van der Waals surface area contributed by atoms with Gasteiger partial charge in [0, 0.05) is 23.2 Å². The summed E-state index contributed by atoms with van der Waals surface area (Å²) in [5.41, 5.74) is 3.75. The van der Waals surface area contributed by atoms with Crippen molar-refractivity contribution in [2.24, 2.45) is 5.10 Å². The van der Waals surface area contributed by atoms with E-state index in [0.29, 0.717) is 5.71 Å². The molecule has 0 spiro atoms. The molecule has 1 fully saturated rings. The number of benzene rings is 3. The third kappa shape index (κ3) is 6.09. The van der Waals surface area contributed by atoms with E-state index in [1.807, 2.05) is 24.3 Å². The van der Waals surface area contributed by atoms with E-state index in [2.05, 4.69) is 33.1 Å². The van der Waals surface area contributed by atoms with Gasteiger partial charge in [-0.3, -0.25) is 4.79 Å². The molecule has 3 aromatic rings. The monoisotopic (exact) mass is 652 g/mol. The van der Waals surface area contributed by atoms with Crippen molar-refractivity contribution in [3.05, 3.63) is 94.1 Å². The smallest absolute Gasteiger partial charge is 0.259 e. The van der Waals surface area contributed by atoms with Crippen molar-refractivity contribution in [2.45, 2.75) is 22.8 Å². The van der Waals surface area contributed by atoms with Gasteiger partial charge >= 0.3 is 0 Å². The third-order valence-corrected chi connectivity index (χ3v) is 10.4. The minimum absolute atomic E-state index is 0.0192. The van der Waals surface area contributed by atoms with Crippen molar-refractivity contribution in [1.29, 1.82) is 0 Å². The highest BCUT2D eigenvalue weighted by atomic mass is 127. The van der Waals surface area contributed by atoms with Crippen LogP contribution < -0.4 is 5.43 Å². The Hall–Kier alpha value is -2.65. The van der Waals surface area contributed by atoms with Crippen LogP contribution in [0.25, 0.3) is 0 Å². The molecule has 3 aromatic carbocycles. The maximum atomic E-state index is 13.5. The quantitative estimate of drug-likeness (QED) is 0.240. The van der Waals surface area contributed by atoms with Gasteiger partial charge in [0.1, 0.15) is 6.04 Å². The number of amides is 1. The van der Waals surface area contributed by atoms with Gasteiger partial charge in [-0.15, -0.1) is 0 Å². The zero-order valence-electron chi connectivity index (χ0n) is 19.9. The lowest BCUT2D eigenvalue weighted by Crippen LogP contribution is -2.60. The summed E-state index contributed by atoms with van der Waals surface area (Å²) >= 11 is 2.18. The van der Waals surface area contributed by atoms with Gasteiger partial charge in [0.2, 0.25) is 20.0 Å². The van der Waals surface area contributed by atoms with Crippen molar-refractivity contribution in [3.8, 4) is 0 Å². The second kappa shape index (κ2) is 11.4. The molecule has 1 aliphatic heterocycles. The Bertz CT molecular complexity index is 1500. The van der Waals surface area contributed by atoms with E-state index in [0.717, 1.165) is 17.7 Å². The van der Waals surface area contributed by atoms with Crippen LogP contribution in [0.15, 0.2) is 99.8 Å². The van der Waals surface area contributed by atoms with Gasteiger partial charge in [0.05, 0.1) is 15.5 Å². The molecule has 0 aromatic heterocycles. The minimum atomic E-state index is -4.08. The maximum absolute atomic E-state index is 13.5. The van der Waals surface area contributed by atoms with Crippen LogP contribution in [0.3, 0.4) is 0 Å². The topological polar surface area (TPSA) is 116 Å². The molecular formula is C25H25IN4O5S2. The van der Waals surface area contributed by atoms with Crippen LogP contribution in [0.1, 0.15) is 12.5 Å². The molecule has 1 N–H and O–H groups in total.